The van der Waals surface area contributed by atoms with E-state index in [0.29, 0.717) is 11.5 Å². The van der Waals surface area contributed by atoms with E-state index < -0.39 is 0 Å². The molecule has 0 atom stereocenters. The first-order chi connectivity index (χ1) is 13.0. The third-order valence-electron chi connectivity index (χ3n) is 4.92. The standard InChI is InChI=1S/C19H23N7O/c1-25(2)18(27)12-3-4-15-14(11-12)17(24-23-15)16-5-8-21-19(22-16)26-9-6-13(20)7-10-26/h3-5,8,11,13H,6-7,9-10,20H2,1-2H3,(H,23,24). The van der Waals surface area contributed by atoms with Crippen LogP contribution in [-0.4, -0.2) is 64.2 Å². The SMILES string of the molecule is CN(C)C(=O)c1ccc2[nH]nc(-c3ccnc(N4CCC(N)CC4)n3)c2c1. The van der Waals surface area contributed by atoms with Crippen molar-refractivity contribution in [3.63, 3.8) is 0 Å². The second kappa shape index (κ2) is 6.96. The first kappa shape index (κ1) is 17.4. The largest absolute Gasteiger partial charge is 0.345 e. The quantitative estimate of drug-likeness (QED) is 0.731. The molecular formula is C19H23N7O. The summed E-state index contributed by atoms with van der Waals surface area (Å²) in [5.74, 6) is 0.646. The number of hydrogen-bond donors (Lipinski definition) is 2. The van der Waals surface area contributed by atoms with Crippen molar-refractivity contribution in [3.05, 3.63) is 36.0 Å². The minimum absolute atomic E-state index is 0.0444. The number of fused-ring (bicyclic) bond motifs is 1. The highest BCUT2D eigenvalue weighted by Gasteiger charge is 2.20. The molecule has 140 valence electrons. The third-order valence-corrected chi connectivity index (χ3v) is 4.92. The molecule has 0 aliphatic carbocycles. The Bertz CT molecular complexity index is 973. The van der Waals surface area contributed by atoms with Gasteiger partial charge >= 0.3 is 0 Å². The zero-order valence-electron chi connectivity index (χ0n) is 15.5. The molecule has 3 aromatic rings. The van der Waals surface area contributed by atoms with Crippen LogP contribution >= 0.6 is 0 Å². The number of nitrogens with zero attached hydrogens (tertiary/aromatic N) is 5. The van der Waals surface area contributed by atoms with Crippen molar-refractivity contribution in [2.75, 3.05) is 32.1 Å². The van der Waals surface area contributed by atoms with Crippen LogP contribution in [0.2, 0.25) is 0 Å². The lowest BCUT2D eigenvalue weighted by molar-refractivity contribution is 0.0828. The minimum Gasteiger partial charge on any atom is -0.345 e. The van der Waals surface area contributed by atoms with Crippen molar-refractivity contribution in [1.29, 1.82) is 0 Å². The van der Waals surface area contributed by atoms with Gasteiger partial charge in [0.15, 0.2) is 0 Å². The van der Waals surface area contributed by atoms with E-state index in [1.54, 1.807) is 31.3 Å². The summed E-state index contributed by atoms with van der Waals surface area (Å²) in [6, 6.07) is 7.63. The van der Waals surface area contributed by atoms with Gasteiger partial charge in [-0.3, -0.25) is 9.89 Å². The Kier molecular flexibility index (Phi) is 4.49. The van der Waals surface area contributed by atoms with Crippen molar-refractivity contribution in [2.45, 2.75) is 18.9 Å². The molecule has 0 unspecified atom stereocenters. The zero-order valence-corrected chi connectivity index (χ0v) is 15.5. The van der Waals surface area contributed by atoms with Gasteiger partial charge in [0.05, 0.1) is 11.2 Å². The number of hydrogen-bond acceptors (Lipinski definition) is 6. The summed E-state index contributed by atoms with van der Waals surface area (Å²) in [6.45, 7) is 1.71. The van der Waals surface area contributed by atoms with Crippen molar-refractivity contribution >= 4 is 22.8 Å². The predicted molar refractivity (Wildman–Crippen MR) is 105 cm³/mol. The van der Waals surface area contributed by atoms with Gasteiger partial charge in [-0.2, -0.15) is 5.10 Å². The van der Waals surface area contributed by atoms with Gasteiger partial charge in [-0.15, -0.1) is 0 Å². The van der Waals surface area contributed by atoms with Gasteiger partial charge < -0.3 is 15.5 Å². The number of rotatable bonds is 3. The number of carbonyl (C=O) groups excluding carboxylic acids is 1. The van der Waals surface area contributed by atoms with Crippen LogP contribution in [0.5, 0.6) is 0 Å². The predicted octanol–water partition coefficient (Wildman–Crippen LogP) is 1.65. The molecule has 0 radical (unpaired) electrons. The monoisotopic (exact) mass is 365 g/mol. The van der Waals surface area contributed by atoms with Gasteiger partial charge in [0.2, 0.25) is 5.95 Å². The summed E-state index contributed by atoms with van der Waals surface area (Å²) in [6.07, 6.45) is 3.63. The molecule has 3 N–H and O–H groups in total. The number of carbonyl (C=O) groups is 1. The molecule has 8 nitrogen and oxygen atoms in total. The lowest BCUT2D eigenvalue weighted by Gasteiger charge is -2.30. The molecule has 1 amide bonds. The van der Waals surface area contributed by atoms with Crippen molar-refractivity contribution < 1.29 is 4.79 Å². The number of amides is 1. The Balaban J connectivity index is 1.71. The molecule has 1 aromatic carbocycles. The molecule has 4 rings (SSSR count). The van der Waals surface area contributed by atoms with Crippen LogP contribution in [0.3, 0.4) is 0 Å². The molecule has 3 heterocycles. The Morgan fingerprint density at radius 2 is 2.04 bits per heavy atom. The Labute approximate surface area is 157 Å². The van der Waals surface area contributed by atoms with E-state index in [1.807, 2.05) is 18.2 Å². The highest BCUT2D eigenvalue weighted by Crippen LogP contribution is 2.27. The maximum Gasteiger partial charge on any atom is 0.253 e. The number of benzene rings is 1. The van der Waals surface area contributed by atoms with E-state index in [0.717, 1.165) is 48.2 Å². The van der Waals surface area contributed by atoms with Gasteiger partial charge in [-0.25, -0.2) is 9.97 Å². The van der Waals surface area contributed by atoms with Crippen molar-refractivity contribution in [2.24, 2.45) is 5.73 Å². The first-order valence-electron chi connectivity index (χ1n) is 9.06. The van der Waals surface area contributed by atoms with E-state index in [1.165, 1.54) is 0 Å². The van der Waals surface area contributed by atoms with E-state index >= 15 is 0 Å². The number of piperidine rings is 1. The molecule has 0 bridgehead atoms. The topological polar surface area (TPSA) is 104 Å². The minimum atomic E-state index is -0.0444. The number of aromatic amines is 1. The number of nitrogens with two attached hydrogens (primary N) is 1. The highest BCUT2D eigenvalue weighted by molar-refractivity contribution is 6.01. The summed E-state index contributed by atoms with van der Waals surface area (Å²) in [7, 11) is 3.48. The zero-order chi connectivity index (χ0) is 19.0. The second-order valence-corrected chi connectivity index (χ2v) is 7.10. The smallest absolute Gasteiger partial charge is 0.253 e. The maximum absolute atomic E-state index is 12.3. The molecule has 1 aliphatic heterocycles. The number of anilines is 1. The lowest BCUT2D eigenvalue weighted by Crippen LogP contribution is -2.40. The number of H-pyrrole nitrogens is 1. The van der Waals surface area contributed by atoms with E-state index in [-0.39, 0.29) is 11.9 Å². The van der Waals surface area contributed by atoms with Gasteiger partial charge in [0, 0.05) is 50.4 Å². The first-order valence-corrected chi connectivity index (χ1v) is 9.06. The Morgan fingerprint density at radius 1 is 1.26 bits per heavy atom. The number of nitrogens with one attached hydrogen (secondary N) is 1. The molecule has 2 aromatic heterocycles. The van der Waals surface area contributed by atoms with Gasteiger partial charge in [0.25, 0.3) is 5.91 Å². The van der Waals surface area contributed by atoms with Crippen LogP contribution in [0.15, 0.2) is 30.5 Å². The fourth-order valence-corrected chi connectivity index (χ4v) is 3.33. The summed E-state index contributed by atoms with van der Waals surface area (Å²) in [5.41, 5.74) is 8.93. The van der Waals surface area contributed by atoms with Crippen molar-refractivity contribution in [1.82, 2.24) is 25.1 Å². The summed E-state index contributed by atoms with van der Waals surface area (Å²) in [5, 5.41) is 8.32. The number of aromatic nitrogens is 4. The Morgan fingerprint density at radius 3 is 2.78 bits per heavy atom. The van der Waals surface area contributed by atoms with Gasteiger partial charge in [-0.1, -0.05) is 0 Å². The van der Waals surface area contributed by atoms with E-state index in [2.05, 4.69) is 20.1 Å². The van der Waals surface area contributed by atoms with Crippen LogP contribution in [-0.2, 0) is 0 Å². The normalized spacial score (nSPS) is 15.3. The summed E-state index contributed by atoms with van der Waals surface area (Å²) < 4.78 is 0. The van der Waals surface area contributed by atoms with E-state index in [4.69, 9.17) is 10.7 Å². The molecule has 0 saturated carbocycles. The van der Waals surface area contributed by atoms with Gasteiger partial charge in [0.1, 0.15) is 5.69 Å². The fourth-order valence-electron chi connectivity index (χ4n) is 3.33. The van der Waals surface area contributed by atoms with Crippen LogP contribution in [0.4, 0.5) is 5.95 Å². The average molecular weight is 365 g/mol. The molecule has 8 heteroatoms. The molecule has 1 fully saturated rings. The van der Waals surface area contributed by atoms with E-state index in [9.17, 15) is 4.79 Å². The Hall–Kier alpha value is -3.00. The lowest BCUT2D eigenvalue weighted by atomic mass is 10.1. The van der Waals surface area contributed by atoms with Crippen LogP contribution in [0.25, 0.3) is 22.3 Å². The molecule has 0 spiro atoms. The van der Waals surface area contributed by atoms with Crippen LogP contribution in [0.1, 0.15) is 23.2 Å². The summed E-state index contributed by atoms with van der Waals surface area (Å²) in [4.78, 5) is 25.2. The van der Waals surface area contributed by atoms with Gasteiger partial charge in [-0.05, 0) is 37.1 Å². The highest BCUT2D eigenvalue weighted by atomic mass is 16.2. The van der Waals surface area contributed by atoms with Crippen molar-refractivity contribution in [3.8, 4) is 11.4 Å². The average Bonchev–Trinajstić information content (AvgIpc) is 3.11. The van der Waals surface area contributed by atoms with Crippen LogP contribution < -0.4 is 10.6 Å². The molecule has 1 saturated heterocycles. The maximum atomic E-state index is 12.3. The molecule has 1 aliphatic rings. The molecular weight excluding hydrogens is 342 g/mol. The summed E-state index contributed by atoms with van der Waals surface area (Å²) >= 11 is 0. The third kappa shape index (κ3) is 3.35. The molecule has 27 heavy (non-hydrogen) atoms. The second-order valence-electron chi connectivity index (χ2n) is 7.10. The van der Waals surface area contributed by atoms with Crippen LogP contribution in [0, 0.1) is 0 Å². The fraction of sp³-hybridized carbons (Fsp3) is 0.368.